The molecule has 3 heterocycles. The zero-order valence-corrected chi connectivity index (χ0v) is 18.2. The second-order valence-corrected chi connectivity index (χ2v) is 7.69. The number of hydrogen-bond donors (Lipinski definition) is 2. The number of benzene rings is 1. The summed E-state index contributed by atoms with van der Waals surface area (Å²) < 4.78 is 6.80. The van der Waals surface area contributed by atoms with Gasteiger partial charge in [-0.25, -0.2) is 4.79 Å². The van der Waals surface area contributed by atoms with Crippen molar-refractivity contribution in [2.24, 2.45) is 0 Å². The van der Waals surface area contributed by atoms with E-state index in [0.29, 0.717) is 11.7 Å². The molecule has 0 unspecified atom stereocenters. The van der Waals surface area contributed by atoms with Crippen LogP contribution in [0.4, 0.5) is 0 Å². The van der Waals surface area contributed by atoms with Crippen LogP contribution in [0.5, 0.6) is 0 Å². The summed E-state index contributed by atoms with van der Waals surface area (Å²) in [4.78, 5) is 29.5. The number of ether oxygens (including phenoxy) is 1. The first-order valence-corrected chi connectivity index (χ1v) is 10.5. The first-order chi connectivity index (χ1) is 15.5. The molecule has 2 aromatic heterocycles. The van der Waals surface area contributed by atoms with E-state index < -0.39 is 5.97 Å². The van der Waals surface area contributed by atoms with Gasteiger partial charge in [0.15, 0.2) is 5.11 Å². The van der Waals surface area contributed by atoms with Gasteiger partial charge in [-0.05, 0) is 60.7 Å². The molecule has 0 bridgehead atoms. The molecule has 0 spiro atoms. The van der Waals surface area contributed by atoms with Crippen LogP contribution in [0.25, 0.3) is 5.69 Å². The molecule has 2 N–H and O–H groups in total. The second-order valence-electron chi connectivity index (χ2n) is 7.30. The van der Waals surface area contributed by atoms with Gasteiger partial charge >= 0.3 is 11.9 Å². The van der Waals surface area contributed by atoms with E-state index in [-0.39, 0.29) is 30.0 Å². The third-order valence-electron chi connectivity index (χ3n) is 5.46. The van der Waals surface area contributed by atoms with Crippen LogP contribution in [0, 0.1) is 0 Å². The first-order valence-electron chi connectivity index (χ1n) is 10.1. The van der Waals surface area contributed by atoms with Crippen molar-refractivity contribution in [1.29, 1.82) is 0 Å². The highest BCUT2D eigenvalue weighted by atomic mass is 32.1. The molecule has 1 fully saturated rings. The highest BCUT2D eigenvalue weighted by Gasteiger charge is 2.41. The summed E-state index contributed by atoms with van der Waals surface area (Å²) in [7, 11) is 1.36. The highest BCUT2D eigenvalue weighted by Crippen LogP contribution is 2.39. The molecule has 1 saturated heterocycles. The fourth-order valence-electron chi connectivity index (χ4n) is 3.92. The quantitative estimate of drug-likeness (QED) is 0.419. The molecule has 1 aromatic carbocycles. The van der Waals surface area contributed by atoms with E-state index in [2.05, 4.69) is 10.3 Å². The molecule has 8 nitrogen and oxygen atoms in total. The van der Waals surface area contributed by atoms with Gasteiger partial charge in [-0.3, -0.25) is 9.78 Å². The minimum Gasteiger partial charge on any atom is -0.478 e. The van der Waals surface area contributed by atoms with E-state index in [4.69, 9.17) is 17.0 Å². The van der Waals surface area contributed by atoms with Crippen molar-refractivity contribution in [3.63, 3.8) is 0 Å². The summed E-state index contributed by atoms with van der Waals surface area (Å²) >= 11 is 5.62. The van der Waals surface area contributed by atoms with Crippen LogP contribution in [-0.4, -0.2) is 50.3 Å². The molecule has 0 saturated carbocycles. The number of aromatic nitrogens is 2. The van der Waals surface area contributed by atoms with Gasteiger partial charge in [0.25, 0.3) is 0 Å². The Labute approximate surface area is 190 Å². The predicted octanol–water partition coefficient (Wildman–Crippen LogP) is 3.11. The van der Waals surface area contributed by atoms with Crippen molar-refractivity contribution in [2.45, 2.75) is 18.5 Å². The fraction of sp³-hybridized carbons (Fsp3) is 0.217. The molecule has 4 rings (SSSR count). The standard InChI is InChI=1S/C23H22N4O4S/c1-31-19(28)11-14-27-21(20(25-23(27)32)17-5-2-3-12-24-17)18-6-4-13-26(18)16-9-7-15(8-10-16)22(29)30/h2-10,12-13,20-21H,11,14H2,1H3,(H,25,32)(H,29,30)/t20-,21-/m0/s1. The Morgan fingerprint density at radius 2 is 1.94 bits per heavy atom. The van der Waals surface area contributed by atoms with Crippen molar-refractivity contribution in [1.82, 2.24) is 19.8 Å². The largest absolute Gasteiger partial charge is 0.478 e. The maximum absolute atomic E-state index is 11.8. The lowest BCUT2D eigenvalue weighted by Crippen LogP contribution is -2.32. The number of nitrogens with one attached hydrogen (secondary N) is 1. The predicted molar refractivity (Wildman–Crippen MR) is 122 cm³/mol. The lowest BCUT2D eigenvalue weighted by Gasteiger charge is -2.28. The van der Waals surface area contributed by atoms with Gasteiger partial charge < -0.3 is 24.6 Å². The molecule has 1 aliphatic heterocycles. The number of carboxylic acids is 1. The topological polar surface area (TPSA) is 96.7 Å². The van der Waals surface area contributed by atoms with Crippen molar-refractivity contribution in [3.8, 4) is 5.69 Å². The number of thiocarbonyl (C=S) groups is 1. The minimum atomic E-state index is -0.973. The van der Waals surface area contributed by atoms with Gasteiger partial charge in [-0.15, -0.1) is 0 Å². The summed E-state index contributed by atoms with van der Waals surface area (Å²) in [5.41, 5.74) is 2.80. The third-order valence-corrected chi connectivity index (χ3v) is 5.81. The minimum absolute atomic E-state index is 0.192. The van der Waals surface area contributed by atoms with Crippen LogP contribution in [0.3, 0.4) is 0 Å². The van der Waals surface area contributed by atoms with Gasteiger partial charge in [-0.1, -0.05) is 6.07 Å². The Morgan fingerprint density at radius 3 is 2.59 bits per heavy atom. The summed E-state index contributed by atoms with van der Waals surface area (Å²) in [5.74, 6) is -1.29. The van der Waals surface area contributed by atoms with E-state index in [1.165, 1.54) is 7.11 Å². The van der Waals surface area contributed by atoms with Crippen LogP contribution < -0.4 is 5.32 Å². The van der Waals surface area contributed by atoms with E-state index >= 15 is 0 Å². The number of methoxy groups -OCH3 is 1. The number of carboxylic acid groups (broad SMARTS) is 1. The van der Waals surface area contributed by atoms with Crippen LogP contribution in [0.15, 0.2) is 67.0 Å². The Bertz CT molecular complexity index is 1130. The number of esters is 1. The second kappa shape index (κ2) is 9.19. The number of pyridine rings is 1. The Morgan fingerprint density at radius 1 is 1.16 bits per heavy atom. The molecule has 0 radical (unpaired) electrons. The number of aromatic carboxylic acids is 1. The van der Waals surface area contributed by atoms with Gasteiger partial charge in [0, 0.05) is 30.3 Å². The third kappa shape index (κ3) is 4.19. The number of carbonyl (C=O) groups is 2. The number of hydrogen-bond acceptors (Lipinski definition) is 5. The zero-order valence-electron chi connectivity index (χ0n) is 17.3. The van der Waals surface area contributed by atoms with Crippen LogP contribution in [0.1, 0.15) is 40.3 Å². The maximum Gasteiger partial charge on any atom is 0.335 e. The SMILES string of the molecule is COC(=O)CCN1C(=S)N[C@@H](c2ccccn2)[C@@H]1c1cccn1-c1ccc(C(=O)O)cc1. The molecule has 2 atom stereocenters. The Balaban J connectivity index is 1.74. The summed E-state index contributed by atoms with van der Waals surface area (Å²) in [6.07, 6.45) is 3.84. The molecule has 1 aliphatic rings. The van der Waals surface area contributed by atoms with E-state index in [9.17, 15) is 14.7 Å². The van der Waals surface area contributed by atoms with Crippen molar-refractivity contribution < 1.29 is 19.4 Å². The fourth-order valence-corrected chi connectivity index (χ4v) is 4.25. The molecule has 0 amide bonds. The molecule has 3 aromatic rings. The summed E-state index contributed by atoms with van der Waals surface area (Å²) in [6.45, 7) is 0.385. The van der Waals surface area contributed by atoms with Gasteiger partial charge in [0.1, 0.15) is 0 Å². The van der Waals surface area contributed by atoms with Crippen LogP contribution >= 0.6 is 12.2 Å². The van der Waals surface area contributed by atoms with Gasteiger partial charge in [0.2, 0.25) is 0 Å². The summed E-state index contributed by atoms with van der Waals surface area (Å²) in [6, 6.07) is 15.8. The zero-order chi connectivity index (χ0) is 22.7. The van der Waals surface area contributed by atoms with E-state index in [1.54, 1.807) is 30.5 Å². The number of rotatable bonds is 7. The van der Waals surface area contributed by atoms with Crippen LogP contribution in [0.2, 0.25) is 0 Å². The maximum atomic E-state index is 11.8. The molecule has 0 aliphatic carbocycles. The normalized spacial score (nSPS) is 17.8. The molecular formula is C23H22N4O4S. The van der Waals surface area contributed by atoms with Crippen molar-refractivity contribution in [3.05, 3.63) is 83.9 Å². The van der Waals surface area contributed by atoms with E-state index in [1.807, 2.05) is 46.0 Å². The molecule has 32 heavy (non-hydrogen) atoms. The van der Waals surface area contributed by atoms with Crippen molar-refractivity contribution in [2.75, 3.05) is 13.7 Å². The number of nitrogens with zero attached hydrogens (tertiary/aromatic N) is 3. The monoisotopic (exact) mass is 450 g/mol. The van der Waals surface area contributed by atoms with Gasteiger partial charge in [-0.2, -0.15) is 0 Å². The highest BCUT2D eigenvalue weighted by molar-refractivity contribution is 7.80. The van der Waals surface area contributed by atoms with Crippen LogP contribution in [-0.2, 0) is 9.53 Å². The Hall–Kier alpha value is -3.72. The Kier molecular flexibility index (Phi) is 6.18. The smallest absolute Gasteiger partial charge is 0.335 e. The summed E-state index contributed by atoms with van der Waals surface area (Å²) in [5, 5.41) is 13.1. The molecule has 9 heteroatoms. The average molecular weight is 451 g/mol. The average Bonchev–Trinajstić information content (AvgIpc) is 3.42. The lowest BCUT2D eigenvalue weighted by molar-refractivity contribution is -0.140. The van der Waals surface area contributed by atoms with Gasteiger partial charge in [0.05, 0.1) is 36.9 Å². The number of carbonyl (C=O) groups excluding carboxylic acids is 1. The first kappa shape index (κ1) is 21.5. The molecular weight excluding hydrogens is 428 g/mol. The lowest BCUT2D eigenvalue weighted by atomic mass is 10.0. The van der Waals surface area contributed by atoms with E-state index in [0.717, 1.165) is 17.1 Å². The van der Waals surface area contributed by atoms with Crippen molar-refractivity contribution >= 4 is 29.3 Å². The molecule has 164 valence electrons.